The van der Waals surface area contributed by atoms with Crippen LogP contribution in [0.25, 0.3) is 6.08 Å². The van der Waals surface area contributed by atoms with Crippen LogP contribution in [0.1, 0.15) is 25.3 Å². The second-order valence-corrected chi connectivity index (χ2v) is 8.37. The summed E-state index contributed by atoms with van der Waals surface area (Å²) in [6, 6.07) is 14.0. The van der Waals surface area contributed by atoms with Gasteiger partial charge in [-0.15, -0.1) is 11.8 Å². The van der Waals surface area contributed by atoms with E-state index in [2.05, 4.69) is 10.2 Å². The Balaban J connectivity index is 1.80. The minimum Gasteiger partial charge on any atom is -0.351 e. The molecule has 30 heavy (non-hydrogen) atoms. The molecule has 1 fully saturated rings. The van der Waals surface area contributed by atoms with E-state index in [4.69, 9.17) is 5.21 Å². The van der Waals surface area contributed by atoms with Gasteiger partial charge in [0.05, 0.1) is 0 Å². The molecule has 1 aliphatic heterocycles. The lowest BCUT2D eigenvalue weighted by Crippen LogP contribution is -2.53. The van der Waals surface area contributed by atoms with E-state index < -0.39 is 5.91 Å². The molecule has 1 saturated heterocycles. The highest BCUT2D eigenvalue weighted by Gasteiger charge is 2.30. The molecular formula is C22H24FN3O3S. The Morgan fingerprint density at radius 1 is 1.20 bits per heavy atom. The summed E-state index contributed by atoms with van der Waals surface area (Å²) < 4.78 is 13.2. The van der Waals surface area contributed by atoms with Crippen LogP contribution >= 0.6 is 11.8 Å². The fourth-order valence-corrected chi connectivity index (χ4v) is 4.68. The van der Waals surface area contributed by atoms with Crippen molar-refractivity contribution < 1.29 is 19.2 Å². The standard InChI is InChI=1S/C22H24FN3O3S/c1-15(27)24-21-14-19(30-18-9-7-17(23)8-10-18)12-13-26(21)20-5-3-2-4-16(20)6-11-22(28)25-29/h2-11,19,21,29H,12-14H2,1H3,(H,24,27)(H,25,28). The van der Waals surface area contributed by atoms with E-state index in [0.717, 1.165) is 29.0 Å². The average molecular weight is 430 g/mol. The van der Waals surface area contributed by atoms with Crippen LogP contribution in [0.5, 0.6) is 0 Å². The third-order valence-corrected chi connectivity index (χ3v) is 6.12. The molecule has 0 radical (unpaired) electrons. The average Bonchev–Trinajstić information content (AvgIpc) is 2.74. The van der Waals surface area contributed by atoms with Crippen molar-refractivity contribution >= 4 is 35.3 Å². The van der Waals surface area contributed by atoms with Gasteiger partial charge in [0.1, 0.15) is 12.0 Å². The molecule has 3 N–H and O–H groups in total. The van der Waals surface area contributed by atoms with Gasteiger partial charge in [-0.3, -0.25) is 14.8 Å². The number of halogens is 1. The lowest BCUT2D eigenvalue weighted by molar-refractivity contribution is -0.124. The van der Waals surface area contributed by atoms with Crippen LogP contribution < -0.4 is 15.7 Å². The van der Waals surface area contributed by atoms with Gasteiger partial charge in [-0.1, -0.05) is 18.2 Å². The fourth-order valence-electron chi connectivity index (χ4n) is 3.50. The Bertz CT molecular complexity index is 920. The maximum atomic E-state index is 13.2. The molecule has 158 valence electrons. The van der Waals surface area contributed by atoms with E-state index in [1.807, 2.05) is 24.3 Å². The van der Waals surface area contributed by atoms with Crippen molar-refractivity contribution in [1.82, 2.24) is 10.8 Å². The molecule has 1 heterocycles. The first-order valence-electron chi connectivity index (χ1n) is 9.63. The van der Waals surface area contributed by atoms with Gasteiger partial charge in [-0.25, -0.2) is 9.87 Å². The van der Waals surface area contributed by atoms with Crippen LogP contribution in [0.2, 0.25) is 0 Å². The Morgan fingerprint density at radius 2 is 1.93 bits per heavy atom. The lowest BCUT2D eigenvalue weighted by atomic mass is 10.0. The maximum Gasteiger partial charge on any atom is 0.267 e. The fraction of sp³-hybridized carbons (Fsp3) is 0.273. The molecule has 2 amide bonds. The second kappa shape index (κ2) is 10.3. The lowest BCUT2D eigenvalue weighted by Gasteiger charge is -2.41. The van der Waals surface area contributed by atoms with E-state index in [1.165, 1.54) is 25.1 Å². The van der Waals surface area contributed by atoms with E-state index in [0.29, 0.717) is 6.54 Å². The number of hydrogen-bond acceptors (Lipinski definition) is 5. The number of thioether (sulfide) groups is 1. The molecule has 2 atom stereocenters. The zero-order chi connectivity index (χ0) is 21.5. The van der Waals surface area contributed by atoms with Gasteiger partial charge in [0, 0.05) is 35.4 Å². The number of amides is 2. The Hall–Kier alpha value is -2.84. The predicted molar refractivity (Wildman–Crippen MR) is 116 cm³/mol. The molecule has 0 saturated carbocycles. The normalized spacial score (nSPS) is 19.0. The molecule has 6 nitrogen and oxygen atoms in total. The first-order valence-corrected chi connectivity index (χ1v) is 10.5. The summed E-state index contributed by atoms with van der Waals surface area (Å²) in [4.78, 5) is 26.3. The summed E-state index contributed by atoms with van der Waals surface area (Å²) in [5.74, 6) is -0.993. The first-order chi connectivity index (χ1) is 14.5. The number of benzene rings is 2. The maximum absolute atomic E-state index is 13.2. The number of carbonyl (C=O) groups is 2. The molecule has 1 aliphatic rings. The first kappa shape index (κ1) is 21.9. The number of hydroxylamine groups is 1. The molecule has 0 aromatic heterocycles. The van der Waals surface area contributed by atoms with Crippen LogP contribution in [0, 0.1) is 5.82 Å². The van der Waals surface area contributed by atoms with E-state index in [1.54, 1.807) is 35.5 Å². The summed E-state index contributed by atoms with van der Waals surface area (Å²) in [6.45, 7) is 2.20. The quantitative estimate of drug-likeness (QED) is 0.372. The van der Waals surface area contributed by atoms with Crippen molar-refractivity contribution in [2.45, 2.75) is 36.1 Å². The van der Waals surface area contributed by atoms with E-state index in [9.17, 15) is 14.0 Å². The zero-order valence-electron chi connectivity index (χ0n) is 16.5. The second-order valence-electron chi connectivity index (χ2n) is 7.00. The van der Waals surface area contributed by atoms with Gasteiger partial charge in [0.2, 0.25) is 5.91 Å². The Morgan fingerprint density at radius 3 is 2.63 bits per heavy atom. The number of nitrogens with one attached hydrogen (secondary N) is 2. The number of anilines is 1. The topological polar surface area (TPSA) is 81.7 Å². The molecule has 2 aromatic rings. The van der Waals surface area contributed by atoms with Crippen molar-refractivity contribution in [2.75, 3.05) is 11.4 Å². The molecule has 0 spiro atoms. The predicted octanol–water partition coefficient (Wildman–Crippen LogP) is 3.57. The van der Waals surface area contributed by atoms with Gasteiger partial charge in [-0.2, -0.15) is 0 Å². The van der Waals surface area contributed by atoms with Gasteiger partial charge in [0.15, 0.2) is 0 Å². The Kier molecular flexibility index (Phi) is 7.48. The van der Waals surface area contributed by atoms with Crippen molar-refractivity contribution in [3.05, 3.63) is 66.0 Å². The van der Waals surface area contributed by atoms with Gasteiger partial charge >= 0.3 is 0 Å². The largest absolute Gasteiger partial charge is 0.351 e. The minimum atomic E-state index is -0.613. The molecule has 2 unspecified atom stereocenters. The molecule has 3 rings (SSSR count). The number of para-hydroxylation sites is 1. The van der Waals surface area contributed by atoms with Crippen molar-refractivity contribution in [3.8, 4) is 0 Å². The smallest absolute Gasteiger partial charge is 0.267 e. The van der Waals surface area contributed by atoms with Crippen molar-refractivity contribution in [2.24, 2.45) is 0 Å². The molecular weight excluding hydrogens is 405 g/mol. The summed E-state index contributed by atoms with van der Waals surface area (Å²) in [7, 11) is 0. The Labute approximate surface area is 179 Å². The number of nitrogens with zero attached hydrogens (tertiary/aromatic N) is 1. The number of rotatable bonds is 6. The third-order valence-electron chi connectivity index (χ3n) is 4.81. The number of piperidine rings is 1. The SMILES string of the molecule is CC(=O)NC1CC(Sc2ccc(F)cc2)CCN1c1ccccc1C=CC(=O)NO. The number of hydrogen-bond donors (Lipinski definition) is 3. The highest BCUT2D eigenvalue weighted by molar-refractivity contribution is 8.00. The summed E-state index contributed by atoms with van der Waals surface area (Å²) in [6.07, 6.45) is 4.27. The highest BCUT2D eigenvalue weighted by Crippen LogP contribution is 2.35. The summed E-state index contributed by atoms with van der Waals surface area (Å²) in [5, 5.41) is 12.0. The molecule has 8 heteroatoms. The van der Waals surface area contributed by atoms with Gasteiger partial charge < -0.3 is 10.2 Å². The van der Waals surface area contributed by atoms with Crippen molar-refractivity contribution in [3.63, 3.8) is 0 Å². The van der Waals surface area contributed by atoms with Crippen LogP contribution in [-0.4, -0.2) is 35.0 Å². The highest BCUT2D eigenvalue weighted by atomic mass is 32.2. The van der Waals surface area contributed by atoms with E-state index >= 15 is 0 Å². The van der Waals surface area contributed by atoms with Crippen LogP contribution in [0.15, 0.2) is 59.5 Å². The van der Waals surface area contributed by atoms with Crippen LogP contribution in [0.4, 0.5) is 10.1 Å². The third kappa shape index (κ3) is 5.84. The minimum absolute atomic E-state index is 0.120. The molecule has 0 bridgehead atoms. The number of carbonyl (C=O) groups excluding carboxylic acids is 2. The van der Waals surface area contributed by atoms with Crippen LogP contribution in [0.3, 0.4) is 0 Å². The molecule has 0 aliphatic carbocycles. The van der Waals surface area contributed by atoms with Gasteiger partial charge in [0.25, 0.3) is 5.91 Å². The van der Waals surface area contributed by atoms with Crippen LogP contribution in [-0.2, 0) is 9.59 Å². The zero-order valence-corrected chi connectivity index (χ0v) is 17.4. The van der Waals surface area contributed by atoms with Gasteiger partial charge in [-0.05, 0) is 54.8 Å². The van der Waals surface area contributed by atoms with Crippen molar-refractivity contribution in [1.29, 1.82) is 0 Å². The summed E-state index contributed by atoms with van der Waals surface area (Å²) >= 11 is 1.68. The monoisotopic (exact) mass is 429 g/mol. The van der Waals surface area contributed by atoms with E-state index in [-0.39, 0.29) is 23.1 Å². The molecule has 2 aromatic carbocycles. The summed E-state index contributed by atoms with van der Waals surface area (Å²) in [5.41, 5.74) is 3.28.